The Hall–Kier alpha value is -3.10. The molecule has 124 valence electrons. The molecule has 9 nitrogen and oxygen atoms in total. The number of carboxylic acid groups (broad SMARTS) is 3. The summed E-state index contributed by atoms with van der Waals surface area (Å²) >= 11 is 0. The van der Waals surface area contributed by atoms with Crippen molar-refractivity contribution in [3.8, 4) is 5.75 Å². The maximum Gasteiger partial charge on any atom is 0.349 e. The number of rotatable bonds is 8. The third-order valence-electron chi connectivity index (χ3n) is 2.88. The Morgan fingerprint density at radius 2 is 1.52 bits per heavy atom. The van der Waals surface area contributed by atoms with Crippen molar-refractivity contribution in [3.63, 3.8) is 0 Å². The molecule has 0 bridgehead atoms. The quantitative estimate of drug-likeness (QED) is 0.585. The highest BCUT2D eigenvalue weighted by Gasteiger charge is 2.47. The summed E-state index contributed by atoms with van der Waals surface area (Å²) in [5, 5.41) is 26.9. The standard InChI is InChI=1S/C14H14O9/c1-22-9-5-3-2-4-8(9)12(19)23-14(13(20)21,6-10(15)16)7-11(17)18/h2-5H,6-7H2,1H3,(H,15,16)(H,17,18)(H,20,21). The van der Waals surface area contributed by atoms with Gasteiger partial charge < -0.3 is 24.8 Å². The van der Waals surface area contributed by atoms with Crippen molar-refractivity contribution in [3.05, 3.63) is 29.8 Å². The first kappa shape index (κ1) is 18.0. The van der Waals surface area contributed by atoms with Crippen LogP contribution in [0.15, 0.2) is 24.3 Å². The van der Waals surface area contributed by atoms with Gasteiger partial charge in [-0.3, -0.25) is 9.59 Å². The second-order valence-electron chi connectivity index (χ2n) is 4.53. The molecule has 0 fully saturated rings. The van der Waals surface area contributed by atoms with Crippen LogP contribution in [0, 0.1) is 0 Å². The monoisotopic (exact) mass is 326 g/mol. The van der Waals surface area contributed by atoms with E-state index in [1.54, 1.807) is 6.07 Å². The number of carbonyl (C=O) groups is 4. The summed E-state index contributed by atoms with van der Waals surface area (Å²) in [7, 11) is 1.27. The fourth-order valence-corrected chi connectivity index (χ4v) is 1.86. The van der Waals surface area contributed by atoms with Crippen LogP contribution in [0.4, 0.5) is 0 Å². The van der Waals surface area contributed by atoms with Crippen LogP contribution in [-0.4, -0.2) is 51.9 Å². The summed E-state index contributed by atoms with van der Waals surface area (Å²) in [6.45, 7) is 0. The van der Waals surface area contributed by atoms with Gasteiger partial charge in [-0.2, -0.15) is 0 Å². The first-order valence-corrected chi connectivity index (χ1v) is 6.25. The lowest BCUT2D eigenvalue weighted by Gasteiger charge is -2.26. The third kappa shape index (κ3) is 4.43. The van der Waals surface area contributed by atoms with Gasteiger partial charge in [0, 0.05) is 0 Å². The smallest absolute Gasteiger partial charge is 0.349 e. The van der Waals surface area contributed by atoms with Crippen LogP contribution in [0.2, 0.25) is 0 Å². The molecule has 0 saturated heterocycles. The van der Waals surface area contributed by atoms with E-state index in [0.717, 1.165) is 0 Å². The van der Waals surface area contributed by atoms with Crippen LogP contribution in [0.1, 0.15) is 23.2 Å². The van der Waals surface area contributed by atoms with Gasteiger partial charge in [-0.25, -0.2) is 9.59 Å². The van der Waals surface area contributed by atoms with Gasteiger partial charge in [0.1, 0.15) is 11.3 Å². The largest absolute Gasteiger partial charge is 0.496 e. The van der Waals surface area contributed by atoms with Crippen LogP contribution >= 0.6 is 0 Å². The maximum absolute atomic E-state index is 12.2. The van der Waals surface area contributed by atoms with E-state index in [1.807, 2.05) is 0 Å². The molecule has 0 heterocycles. The first-order chi connectivity index (χ1) is 10.7. The molecule has 0 radical (unpaired) electrons. The molecule has 1 aromatic carbocycles. The zero-order valence-corrected chi connectivity index (χ0v) is 12.0. The van der Waals surface area contributed by atoms with Gasteiger partial charge in [-0.05, 0) is 12.1 Å². The molecular weight excluding hydrogens is 312 g/mol. The van der Waals surface area contributed by atoms with Crippen molar-refractivity contribution >= 4 is 23.9 Å². The minimum Gasteiger partial charge on any atom is -0.496 e. The van der Waals surface area contributed by atoms with Crippen molar-refractivity contribution in [1.82, 2.24) is 0 Å². The zero-order valence-electron chi connectivity index (χ0n) is 12.0. The number of carboxylic acids is 3. The number of benzene rings is 1. The molecule has 23 heavy (non-hydrogen) atoms. The highest BCUT2D eigenvalue weighted by Crippen LogP contribution is 2.26. The van der Waals surface area contributed by atoms with Crippen molar-refractivity contribution in [1.29, 1.82) is 0 Å². The van der Waals surface area contributed by atoms with E-state index < -0.39 is 42.3 Å². The van der Waals surface area contributed by atoms with E-state index in [-0.39, 0.29) is 11.3 Å². The molecule has 9 heteroatoms. The molecule has 1 rings (SSSR count). The second-order valence-corrected chi connectivity index (χ2v) is 4.53. The normalized spacial score (nSPS) is 10.7. The zero-order chi connectivity index (χ0) is 17.6. The molecule has 1 aromatic rings. The molecule has 0 aliphatic rings. The Bertz CT molecular complexity index is 619. The minimum absolute atomic E-state index is 0.0717. The Balaban J connectivity index is 3.22. The van der Waals surface area contributed by atoms with Gasteiger partial charge in [0.2, 0.25) is 5.60 Å². The number of para-hydroxylation sites is 1. The fraction of sp³-hybridized carbons (Fsp3) is 0.286. The molecule has 0 atom stereocenters. The lowest BCUT2D eigenvalue weighted by atomic mass is 9.95. The number of methoxy groups -OCH3 is 1. The summed E-state index contributed by atoms with van der Waals surface area (Å²) in [4.78, 5) is 45.3. The van der Waals surface area contributed by atoms with E-state index in [2.05, 4.69) is 0 Å². The molecule has 0 spiro atoms. The van der Waals surface area contributed by atoms with Crippen molar-refractivity contribution in [2.75, 3.05) is 7.11 Å². The molecule has 0 amide bonds. The lowest BCUT2D eigenvalue weighted by molar-refractivity contribution is -0.171. The van der Waals surface area contributed by atoms with Crippen LogP contribution in [0.25, 0.3) is 0 Å². The Morgan fingerprint density at radius 1 is 1.00 bits per heavy atom. The summed E-state index contributed by atoms with van der Waals surface area (Å²) in [6, 6.07) is 5.69. The molecule has 0 saturated carbocycles. The maximum atomic E-state index is 12.2. The highest BCUT2D eigenvalue weighted by molar-refractivity contribution is 5.97. The summed E-state index contributed by atoms with van der Waals surface area (Å²) < 4.78 is 9.69. The van der Waals surface area contributed by atoms with E-state index in [1.165, 1.54) is 25.3 Å². The van der Waals surface area contributed by atoms with E-state index in [0.29, 0.717) is 0 Å². The summed E-state index contributed by atoms with van der Waals surface area (Å²) in [5.74, 6) is -6.25. The number of hydrogen-bond donors (Lipinski definition) is 3. The van der Waals surface area contributed by atoms with Crippen molar-refractivity contribution < 1.29 is 44.0 Å². The van der Waals surface area contributed by atoms with Crippen molar-refractivity contribution in [2.45, 2.75) is 18.4 Å². The number of esters is 1. The Labute approximate surface area is 130 Å². The average Bonchev–Trinajstić information content (AvgIpc) is 2.45. The van der Waals surface area contributed by atoms with E-state index >= 15 is 0 Å². The summed E-state index contributed by atoms with van der Waals surface area (Å²) in [6.07, 6.45) is -2.40. The van der Waals surface area contributed by atoms with E-state index in [4.69, 9.17) is 19.7 Å². The van der Waals surface area contributed by atoms with Gasteiger partial charge in [-0.15, -0.1) is 0 Å². The van der Waals surface area contributed by atoms with Gasteiger partial charge in [0.05, 0.1) is 20.0 Å². The number of aliphatic carboxylic acids is 3. The van der Waals surface area contributed by atoms with Crippen LogP contribution < -0.4 is 4.74 Å². The van der Waals surface area contributed by atoms with Gasteiger partial charge in [0.25, 0.3) is 0 Å². The molecule has 0 aliphatic heterocycles. The predicted octanol–water partition coefficient (Wildman–Crippen LogP) is 0.625. The summed E-state index contributed by atoms with van der Waals surface area (Å²) in [5.41, 5.74) is -2.88. The molecule has 0 aliphatic carbocycles. The van der Waals surface area contributed by atoms with Crippen LogP contribution in [0.3, 0.4) is 0 Å². The highest BCUT2D eigenvalue weighted by atomic mass is 16.6. The van der Waals surface area contributed by atoms with Crippen LogP contribution in [-0.2, 0) is 19.1 Å². The molecule has 0 unspecified atom stereocenters. The first-order valence-electron chi connectivity index (χ1n) is 6.25. The number of carbonyl (C=O) groups excluding carboxylic acids is 1. The van der Waals surface area contributed by atoms with E-state index in [9.17, 15) is 24.3 Å². The second kappa shape index (κ2) is 7.25. The number of ether oxygens (including phenoxy) is 2. The van der Waals surface area contributed by atoms with Crippen LogP contribution in [0.5, 0.6) is 5.75 Å². The third-order valence-corrected chi connectivity index (χ3v) is 2.88. The molecule has 0 aromatic heterocycles. The Kier molecular flexibility index (Phi) is 5.66. The van der Waals surface area contributed by atoms with Gasteiger partial charge >= 0.3 is 23.9 Å². The topological polar surface area (TPSA) is 147 Å². The predicted molar refractivity (Wildman–Crippen MR) is 73.3 cm³/mol. The van der Waals surface area contributed by atoms with Gasteiger partial charge in [-0.1, -0.05) is 12.1 Å². The lowest BCUT2D eigenvalue weighted by Crippen LogP contribution is -2.47. The van der Waals surface area contributed by atoms with Crippen molar-refractivity contribution in [2.24, 2.45) is 0 Å². The molecule has 3 N–H and O–H groups in total. The Morgan fingerprint density at radius 3 is 1.96 bits per heavy atom. The fourth-order valence-electron chi connectivity index (χ4n) is 1.86. The molecular formula is C14H14O9. The minimum atomic E-state index is -2.73. The number of hydrogen-bond acceptors (Lipinski definition) is 6. The SMILES string of the molecule is COc1ccccc1C(=O)OC(CC(=O)O)(CC(=O)O)C(=O)O. The average molecular weight is 326 g/mol. The van der Waals surface area contributed by atoms with Gasteiger partial charge in [0.15, 0.2) is 0 Å².